The Balaban J connectivity index is 0.000000107. The molecule has 0 saturated carbocycles. The second kappa shape index (κ2) is 27.9. The fourth-order valence-electron chi connectivity index (χ4n) is 14.2. The number of aldehydes is 8. The van der Waals surface area contributed by atoms with Gasteiger partial charge in [-0.15, -0.1) is 0 Å². The Kier molecular flexibility index (Phi) is 17.9. The van der Waals surface area contributed by atoms with Crippen molar-refractivity contribution in [3.8, 4) is 5.75 Å². The van der Waals surface area contributed by atoms with E-state index >= 15 is 0 Å². The summed E-state index contributed by atoms with van der Waals surface area (Å²) in [5, 5.41) is 19.5. The zero-order chi connectivity index (χ0) is 69.0. The third-order valence-electron chi connectivity index (χ3n) is 19.0. The Labute approximate surface area is 574 Å². The number of carbonyl (C=O) groups is 8. The molecular weight excluding hydrogens is 1240 g/mol. The van der Waals surface area contributed by atoms with E-state index in [1.807, 2.05) is 200 Å². The van der Waals surface area contributed by atoms with Crippen molar-refractivity contribution < 1.29 is 47.8 Å². The van der Waals surface area contributed by atoms with Gasteiger partial charge in [-0.25, -0.2) is 0 Å². The number of allylic oxidation sites excluding steroid dienone is 13. The number of rotatable bonds is 10. The number of carbonyl (C=O) groups excluding carboxylic acids is 8. The Morgan fingerprint density at radius 2 is 0.730 bits per heavy atom. The van der Waals surface area contributed by atoms with Crippen LogP contribution in [0, 0.1) is 5.92 Å². The number of benzene rings is 14. The van der Waals surface area contributed by atoms with Crippen molar-refractivity contribution in [3.63, 3.8) is 0 Å². The van der Waals surface area contributed by atoms with E-state index in [0.717, 1.165) is 182 Å². The minimum atomic E-state index is 0.304. The first-order chi connectivity index (χ1) is 49.1. The number of methoxy groups -OCH3 is 2. The molecule has 0 amide bonds. The third kappa shape index (κ3) is 12.1. The summed E-state index contributed by atoms with van der Waals surface area (Å²) in [7, 11) is 3.36. The van der Waals surface area contributed by atoms with Crippen molar-refractivity contribution in [2.24, 2.45) is 5.92 Å². The van der Waals surface area contributed by atoms with E-state index in [-0.39, 0.29) is 0 Å². The van der Waals surface area contributed by atoms with E-state index < -0.39 is 0 Å². The lowest BCUT2D eigenvalue weighted by atomic mass is 9.68. The number of hydrogen-bond donors (Lipinski definition) is 0. The summed E-state index contributed by atoms with van der Waals surface area (Å²) >= 11 is 0. The van der Waals surface area contributed by atoms with Gasteiger partial charge in [0.25, 0.3) is 0 Å². The molecule has 480 valence electrons. The first kappa shape index (κ1) is 64.2. The predicted molar refractivity (Wildman–Crippen MR) is 403 cm³/mol. The van der Waals surface area contributed by atoms with Gasteiger partial charge in [0, 0.05) is 51.3 Å². The molecule has 0 radical (unpaired) electrons. The van der Waals surface area contributed by atoms with E-state index in [4.69, 9.17) is 9.47 Å². The Hall–Kier alpha value is -13.2. The molecule has 0 aliphatic heterocycles. The maximum atomic E-state index is 12.0. The lowest BCUT2D eigenvalue weighted by Gasteiger charge is -2.36. The van der Waals surface area contributed by atoms with Crippen LogP contribution in [0.15, 0.2) is 300 Å². The highest BCUT2D eigenvalue weighted by Gasteiger charge is 2.34. The van der Waals surface area contributed by atoms with Gasteiger partial charge in [-0.05, 0) is 238 Å². The molecule has 14 aromatic carbocycles. The van der Waals surface area contributed by atoms with Crippen LogP contribution in [0.5, 0.6) is 5.75 Å². The van der Waals surface area contributed by atoms with Crippen LogP contribution < -0.4 is 4.74 Å². The summed E-state index contributed by atoms with van der Waals surface area (Å²) in [5.74, 6) is 2.05. The Morgan fingerprint density at radius 1 is 0.320 bits per heavy atom. The summed E-state index contributed by atoms with van der Waals surface area (Å²) in [6.45, 7) is 0. The van der Waals surface area contributed by atoms with Gasteiger partial charge in [0.15, 0.2) is 37.7 Å². The molecule has 1 atom stereocenters. The molecule has 14 aromatic rings. The number of fused-ring (bicyclic) bond motifs is 10. The zero-order valence-corrected chi connectivity index (χ0v) is 54.3. The average molecular weight is 1300 g/mol. The topological polar surface area (TPSA) is 155 Å². The maximum Gasteiger partial charge on any atom is 0.151 e. The second-order valence-corrected chi connectivity index (χ2v) is 24.7. The van der Waals surface area contributed by atoms with E-state index in [0.29, 0.717) is 44.9 Å². The molecule has 0 spiro atoms. The molecule has 10 heteroatoms. The SMILES string of the molecule is COC1=CC2=CC=C3CC(C=O)=CC4=C3C2C(=C1)C=C4.COc1ccc2cc3cc(C=O)ccc3cc2c1.O=Cc1c2cc3ccccc3cc2c(C=O)c2cc3ccccc3cc12.O=Cc1c2ccccc2c(C=O)c2ccccc12.O=Cc1cc2cc3ccccc3cc2cc1C=O. The normalized spacial score (nSPS) is 13.9. The van der Waals surface area contributed by atoms with Crippen LogP contribution in [0.2, 0.25) is 0 Å². The van der Waals surface area contributed by atoms with Crippen molar-refractivity contribution >= 4 is 158 Å². The van der Waals surface area contributed by atoms with E-state index in [1.165, 1.54) is 27.9 Å². The van der Waals surface area contributed by atoms with Gasteiger partial charge in [-0.1, -0.05) is 164 Å². The van der Waals surface area contributed by atoms with Crippen LogP contribution in [0.1, 0.15) is 78.9 Å². The van der Waals surface area contributed by atoms with Crippen molar-refractivity contribution in [1.82, 2.24) is 0 Å². The fourth-order valence-corrected chi connectivity index (χ4v) is 14.2. The molecule has 1 unspecified atom stereocenters. The number of hydrogen-bond acceptors (Lipinski definition) is 10. The summed E-state index contributed by atoms with van der Waals surface area (Å²) in [5.41, 5.74) is 11.3. The van der Waals surface area contributed by atoms with E-state index in [9.17, 15) is 38.4 Å². The minimum absolute atomic E-state index is 0.304. The molecule has 0 bridgehead atoms. The summed E-state index contributed by atoms with van der Waals surface area (Å²) in [6.07, 6.45) is 22.3. The molecule has 0 heterocycles. The van der Waals surface area contributed by atoms with Crippen LogP contribution in [-0.2, 0) is 9.53 Å². The molecule has 18 rings (SSSR count). The molecule has 0 saturated heterocycles. The second-order valence-electron chi connectivity index (χ2n) is 24.7. The molecule has 0 fully saturated rings. The molecule has 4 aliphatic carbocycles. The monoisotopic (exact) mass is 1300 g/mol. The highest BCUT2D eigenvalue weighted by molar-refractivity contribution is 6.24. The fraction of sp³-hybridized carbons (Fsp3) is 0.0444. The van der Waals surface area contributed by atoms with E-state index in [1.54, 1.807) is 26.4 Å². The van der Waals surface area contributed by atoms with Crippen LogP contribution in [0.4, 0.5) is 0 Å². The van der Waals surface area contributed by atoms with Gasteiger partial charge >= 0.3 is 0 Å². The van der Waals surface area contributed by atoms with Gasteiger partial charge in [0.05, 0.1) is 14.2 Å². The van der Waals surface area contributed by atoms with Crippen LogP contribution in [0.3, 0.4) is 0 Å². The van der Waals surface area contributed by atoms with Crippen LogP contribution in [0.25, 0.3) is 108 Å². The largest absolute Gasteiger partial charge is 0.497 e. The Morgan fingerprint density at radius 3 is 1.15 bits per heavy atom. The van der Waals surface area contributed by atoms with Gasteiger partial charge in [-0.3, -0.25) is 38.4 Å². The summed E-state index contributed by atoms with van der Waals surface area (Å²) in [4.78, 5) is 90.5. The van der Waals surface area contributed by atoms with Crippen molar-refractivity contribution in [2.45, 2.75) is 6.42 Å². The lowest BCUT2D eigenvalue weighted by molar-refractivity contribution is -0.105. The van der Waals surface area contributed by atoms with Crippen molar-refractivity contribution in [3.05, 3.63) is 339 Å². The summed E-state index contributed by atoms with van der Waals surface area (Å²) < 4.78 is 10.6. The molecule has 4 aliphatic rings. The van der Waals surface area contributed by atoms with E-state index in [2.05, 4.69) is 48.6 Å². The zero-order valence-electron chi connectivity index (χ0n) is 54.3. The van der Waals surface area contributed by atoms with Crippen LogP contribution >= 0.6 is 0 Å². The molecule has 0 aromatic heterocycles. The van der Waals surface area contributed by atoms with Gasteiger partial charge < -0.3 is 9.47 Å². The lowest BCUT2D eigenvalue weighted by Crippen LogP contribution is -2.22. The third-order valence-corrected chi connectivity index (χ3v) is 19.0. The first-order valence-electron chi connectivity index (χ1n) is 32.4. The number of ether oxygens (including phenoxy) is 2. The Bertz CT molecular complexity index is 5700. The van der Waals surface area contributed by atoms with Gasteiger partial charge in [0.1, 0.15) is 24.1 Å². The first-order valence-corrected chi connectivity index (χ1v) is 32.4. The predicted octanol–water partition coefficient (Wildman–Crippen LogP) is 20.3. The smallest absolute Gasteiger partial charge is 0.151 e. The molecule has 0 N–H and O–H groups in total. The standard InChI is InChI=1S/C24H14O2.C18H14O2.C16H12O2.2C16H10O2/c25-13-23-19-9-15-5-1-2-6-16(15)10-20(19)24(14-26)22-12-18-8-4-3-7-17(18)11-21(22)23;1-20-16-8-14-4-2-12-6-11(10-19)7-13-3-5-15(9-16)18(14)17(12)13;1-18-16-5-4-13-7-14-6-11(10-17)2-3-12(14)8-15(13)9-16;17-9-15-11-5-1-2-6-12(11)16(10-18)14-8-4-3-7-13(14)15;17-9-15-7-13-5-11-3-1-2-4-12(11)6-14(13)8-16(15)10-18/h1-14H;2-6,8-10,18H,7H2,1H3;2-10H,1H3;2*1-10H. The van der Waals surface area contributed by atoms with Crippen molar-refractivity contribution in [2.75, 3.05) is 14.2 Å². The highest BCUT2D eigenvalue weighted by atomic mass is 16.5. The summed E-state index contributed by atoms with van der Waals surface area (Å²) in [6, 6.07) is 70.5. The molecule has 10 nitrogen and oxygen atoms in total. The average Bonchev–Trinajstić information content (AvgIpc) is 0.759. The minimum Gasteiger partial charge on any atom is -0.497 e. The quantitative estimate of drug-likeness (QED) is 0.0954. The molecule has 100 heavy (non-hydrogen) atoms. The van der Waals surface area contributed by atoms with Gasteiger partial charge in [-0.2, -0.15) is 0 Å². The van der Waals surface area contributed by atoms with Gasteiger partial charge in [0.2, 0.25) is 0 Å². The maximum absolute atomic E-state index is 12.0. The highest BCUT2D eigenvalue weighted by Crippen LogP contribution is 2.48. The van der Waals surface area contributed by atoms with Crippen LogP contribution in [-0.4, -0.2) is 64.5 Å². The van der Waals surface area contributed by atoms with Crippen molar-refractivity contribution in [1.29, 1.82) is 0 Å². The molecular formula is C90H60O10.